The topological polar surface area (TPSA) is 406 Å². The second-order valence-electron chi connectivity index (χ2n) is 32.7. The molecule has 1 saturated heterocycles. The van der Waals surface area contributed by atoms with Gasteiger partial charge < -0.3 is 62.0 Å². The number of aromatic nitrogens is 15. The van der Waals surface area contributed by atoms with Crippen LogP contribution in [0.5, 0.6) is 23.0 Å². The van der Waals surface area contributed by atoms with Crippen molar-refractivity contribution in [1.82, 2.24) is 74.8 Å². The van der Waals surface area contributed by atoms with Crippen LogP contribution in [0.25, 0.3) is 166 Å². The van der Waals surface area contributed by atoms with Crippen molar-refractivity contribution in [2.45, 2.75) is 19.0 Å². The Labute approximate surface area is 807 Å². The normalized spacial score (nSPS) is 12.2. The van der Waals surface area contributed by atoms with Gasteiger partial charge in [0.2, 0.25) is 0 Å². The number of methoxy groups -OCH3 is 1. The van der Waals surface area contributed by atoms with E-state index >= 15 is 0 Å². The number of benzene rings is 10. The van der Waals surface area contributed by atoms with Crippen LogP contribution >= 0.6 is 0 Å². The molecule has 11 heterocycles. The number of hydrogen-bond donors (Lipinski definition) is 5. The van der Waals surface area contributed by atoms with Crippen LogP contribution in [0.3, 0.4) is 0 Å². The van der Waals surface area contributed by atoms with Crippen LogP contribution in [0.15, 0.2) is 336 Å². The average molecular weight is 1870 g/mol. The van der Waals surface area contributed by atoms with Crippen molar-refractivity contribution in [3.8, 4) is 141 Å². The molecule has 28 nitrogen and oxygen atoms in total. The predicted octanol–water partition coefficient (Wildman–Crippen LogP) is 21.2. The zero-order valence-corrected chi connectivity index (χ0v) is 76.2. The highest BCUT2D eigenvalue weighted by Crippen LogP contribution is 2.42. The minimum Gasteiger partial charge on any atom is -0.493 e. The first-order valence-electron chi connectivity index (χ1n) is 45.1. The quantitative estimate of drug-likeness (QED) is 0.0393. The number of morpholine rings is 1. The molecule has 0 spiro atoms. The SMILES string of the molecule is COCCOc1cccc(-c2ncccc2-c2ccc3ncnc(N)c3c2)c1.N#CCOc1cccc(-c2ncccc2-c2ccc3ncnc(N)c3c2)c1.Nc1ncnc2ccc(-c3cccnc3-c3cccc(N4CCOCC4)c3)cc12.Nc1ncnc2ccc(-c3cccnc3-c3cccc(OCC(F)(F)F)c3)cc12.Nc1ncnc2ccc(-c3cccnc3-c3cccc(OCC4CC4)c3)cc12. The maximum atomic E-state index is 12.5. The number of nitriles is 1. The molecular formula is C110H91F3N22O6. The molecule has 20 aromatic rings. The third-order valence-electron chi connectivity index (χ3n) is 23.3. The number of halogens is 3. The van der Waals surface area contributed by atoms with Crippen LogP contribution in [0.1, 0.15) is 12.8 Å². The van der Waals surface area contributed by atoms with Crippen molar-refractivity contribution < 1.29 is 41.6 Å². The van der Waals surface area contributed by atoms with Crippen molar-refractivity contribution in [3.05, 3.63) is 336 Å². The summed E-state index contributed by atoms with van der Waals surface area (Å²) in [5, 5.41) is 12.7. The number of nitrogen functional groups attached to an aromatic ring is 5. The van der Waals surface area contributed by atoms with Gasteiger partial charge in [0.25, 0.3) is 0 Å². The summed E-state index contributed by atoms with van der Waals surface area (Å²) in [6, 6.07) is 89.7. The van der Waals surface area contributed by atoms with Crippen molar-refractivity contribution in [2.75, 3.05) is 100 Å². The van der Waals surface area contributed by atoms with Crippen molar-refractivity contribution in [3.63, 3.8) is 0 Å². The van der Waals surface area contributed by atoms with Gasteiger partial charge in [-0.15, -0.1) is 0 Å². The van der Waals surface area contributed by atoms with Crippen molar-refractivity contribution >= 4 is 89.3 Å². The van der Waals surface area contributed by atoms with Gasteiger partial charge in [0.15, 0.2) is 13.2 Å². The predicted molar refractivity (Wildman–Crippen MR) is 544 cm³/mol. The average Bonchev–Trinajstić information content (AvgIpc) is 1.05. The Morgan fingerprint density at radius 1 is 0.333 bits per heavy atom. The Morgan fingerprint density at radius 3 is 0.950 bits per heavy atom. The molecule has 2 aliphatic rings. The summed E-state index contributed by atoms with van der Waals surface area (Å²) >= 11 is 0. The fraction of sp³-hybridized carbons (Fsp3) is 0.127. The summed E-state index contributed by atoms with van der Waals surface area (Å²) in [4.78, 5) is 67.1. The molecule has 10 aromatic heterocycles. The lowest BCUT2D eigenvalue weighted by atomic mass is 9.98. The number of rotatable bonds is 22. The van der Waals surface area contributed by atoms with Crippen LogP contribution in [0.4, 0.5) is 47.9 Å². The van der Waals surface area contributed by atoms with E-state index in [2.05, 4.69) is 129 Å². The molecule has 31 heteroatoms. The third-order valence-corrected chi connectivity index (χ3v) is 23.3. The highest BCUT2D eigenvalue weighted by molar-refractivity contribution is 5.99. The van der Waals surface area contributed by atoms with Crippen molar-refractivity contribution in [2.24, 2.45) is 5.92 Å². The lowest BCUT2D eigenvalue weighted by Crippen LogP contribution is -2.36. The van der Waals surface area contributed by atoms with Crippen LogP contribution in [0.2, 0.25) is 0 Å². The lowest BCUT2D eigenvalue weighted by molar-refractivity contribution is -0.153. The number of pyridine rings is 5. The van der Waals surface area contributed by atoms with Gasteiger partial charge in [0.05, 0.1) is 82.5 Å². The van der Waals surface area contributed by atoms with E-state index in [0.29, 0.717) is 70.2 Å². The van der Waals surface area contributed by atoms with Gasteiger partial charge in [-0.05, 0) is 198 Å². The number of nitrogens with two attached hydrogens (primary N) is 5. The largest absolute Gasteiger partial charge is 0.493 e. The van der Waals surface area contributed by atoms with E-state index in [-0.39, 0.29) is 12.4 Å². The Balaban J connectivity index is 0.000000117. The highest BCUT2D eigenvalue weighted by Gasteiger charge is 2.29. The molecule has 0 amide bonds. The van der Waals surface area contributed by atoms with E-state index in [1.807, 2.05) is 207 Å². The fourth-order valence-corrected chi connectivity index (χ4v) is 16.2. The second-order valence-corrected chi connectivity index (χ2v) is 32.7. The van der Waals surface area contributed by atoms with Crippen LogP contribution < -0.4 is 52.5 Å². The smallest absolute Gasteiger partial charge is 0.422 e. The minimum absolute atomic E-state index is 0.00246. The van der Waals surface area contributed by atoms with Crippen molar-refractivity contribution in [1.29, 1.82) is 5.26 Å². The Bertz CT molecular complexity index is 7930. The van der Waals surface area contributed by atoms with Gasteiger partial charge in [-0.2, -0.15) is 18.4 Å². The molecule has 141 heavy (non-hydrogen) atoms. The molecule has 0 radical (unpaired) electrons. The van der Waals surface area contributed by atoms with Crippen LogP contribution in [-0.4, -0.2) is 147 Å². The van der Waals surface area contributed by atoms with Gasteiger partial charge in [-0.3, -0.25) is 24.9 Å². The first kappa shape index (κ1) is 93.3. The molecule has 2 fully saturated rings. The minimum atomic E-state index is -4.40. The highest BCUT2D eigenvalue weighted by atomic mass is 19.4. The number of nitrogens with zero attached hydrogens (tertiary/aromatic N) is 17. The summed E-state index contributed by atoms with van der Waals surface area (Å²) in [5.74, 6) is 5.37. The van der Waals surface area contributed by atoms with Gasteiger partial charge in [0.1, 0.15) is 96.4 Å². The molecular weight excluding hydrogens is 1780 g/mol. The summed E-state index contributed by atoms with van der Waals surface area (Å²) < 4.78 is 69.9. The summed E-state index contributed by atoms with van der Waals surface area (Å²) in [5.41, 5.74) is 53.8. The molecule has 22 rings (SSSR count). The number of alkyl halides is 3. The number of hydrogen-bond acceptors (Lipinski definition) is 28. The Hall–Kier alpha value is -18.2. The zero-order chi connectivity index (χ0) is 97.0. The molecule has 0 atom stereocenters. The lowest BCUT2D eigenvalue weighted by Gasteiger charge is -2.29. The first-order chi connectivity index (χ1) is 69.0. The molecule has 0 bridgehead atoms. The molecule has 10 N–H and O–H groups in total. The summed E-state index contributed by atoms with van der Waals surface area (Å²) in [7, 11) is 1.65. The van der Waals surface area contributed by atoms with Gasteiger partial charge in [-0.25, -0.2) is 49.8 Å². The molecule has 10 aromatic carbocycles. The van der Waals surface area contributed by atoms with Gasteiger partial charge in [0, 0.05) is 139 Å². The number of fused-ring (bicyclic) bond motifs is 5. The second kappa shape index (κ2) is 43.7. The molecule has 698 valence electrons. The van der Waals surface area contributed by atoms with Crippen LogP contribution in [-0.2, 0) is 9.47 Å². The Kier molecular flexibility index (Phi) is 28.9. The van der Waals surface area contributed by atoms with Gasteiger partial charge in [-0.1, -0.05) is 121 Å². The van der Waals surface area contributed by atoms with E-state index in [1.165, 1.54) is 62.3 Å². The molecule has 0 unspecified atom stereocenters. The zero-order valence-electron chi connectivity index (χ0n) is 76.2. The maximum Gasteiger partial charge on any atom is 0.422 e. The standard InChI is InChI=1S/C23H21N5O.C23H20N4O.C22H20N4O2.C21H15F3N4O.C21H15N5O/c24-23-20-14-16(6-7-21(20)26-15-27-23)19-5-2-8-25-22(19)17-3-1-4-18(13-17)28-9-11-29-12-10-28;24-23-20-12-16(8-9-21(20)26-14-27-23)19-5-2-10-25-22(19)17-3-1-4-18(11-17)28-13-15-6-7-15;1-27-10-11-28-17-5-2-4-16(12-17)21-18(6-3-9-24-21)15-7-8-20-19(13-15)22(23)26-14-25-20;22-21(23,24)11-29-15-4-1-3-14(9-15)19-16(5-2-8-26-19)13-6-7-18-17(10-13)20(25)28-12-27-18;22-8-10-27-16-4-1-3-15(11-16)20-17(5-2-9-24-20)14-6-7-19-18(12-14)21(23)26-13-25-19/h1-8,13-15H,9-12H2,(H2,24,26,27);1-5,8-12,14-15H,6-7,13H2,(H2,24,26,27);2-9,12-14H,10-11H2,1H3,(H2,23,25,26);1-10,12H,11H2,(H2,25,27,28);1-7,9,11-13H,10H2,(H2,23,25,26). The van der Waals surface area contributed by atoms with Crippen LogP contribution in [0, 0.1) is 17.2 Å². The Morgan fingerprint density at radius 2 is 0.638 bits per heavy atom. The molecule has 1 aliphatic heterocycles. The van der Waals surface area contributed by atoms with E-state index < -0.39 is 12.8 Å². The summed E-state index contributed by atoms with van der Waals surface area (Å²) in [6.07, 6.45) is 14.3. The number of ether oxygens (including phenoxy) is 6. The fourth-order valence-electron chi connectivity index (χ4n) is 16.2. The first-order valence-corrected chi connectivity index (χ1v) is 45.1. The van der Waals surface area contributed by atoms with E-state index in [0.717, 1.165) is 195 Å². The third kappa shape index (κ3) is 22.8. The monoisotopic (exact) mass is 1870 g/mol. The van der Waals surface area contributed by atoms with E-state index in [4.69, 9.17) is 67.3 Å². The molecule has 1 aliphatic carbocycles. The molecule has 1 saturated carbocycles. The maximum absolute atomic E-state index is 12.5. The summed E-state index contributed by atoms with van der Waals surface area (Å²) in [6.45, 7) is 3.82. The van der Waals surface area contributed by atoms with E-state index in [9.17, 15) is 13.2 Å². The van der Waals surface area contributed by atoms with Gasteiger partial charge >= 0.3 is 6.18 Å². The number of anilines is 6. The van der Waals surface area contributed by atoms with E-state index in [1.54, 1.807) is 43.9 Å².